The van der Waals surface area contributed by atoms with Crippen molar-refractivity contribution in [1.29, 1.82) is 0 Å². The van der Waals surface area contributed by atoms with E-state index in [0.29, 0.717) is 6.42 Å². The van der Waals surface area contributed by atoms with Gasteiger partial charge in [0.15, 0.2) is 6.04 Å². The van der Waals surface area contributed by atoms with Crippen LogP contribution in [0.5, 0.6) is 0 Å². The van der Waals surface area contributed by atoms with Crippen LogP contribution in [0.4, 0.5) is 0 Å². The number of ether oxygens (including phenoxy) is 1. The molecular weight excluding hydrogens is 358 g/mol. The normalized spacial score (nSPS) is 12.1. The van der Waals surface area contributed by atoms with Gasteiger partial charge >= 0.3 is 5.97 Å². The molecule has 0 spiro atoms. The minimum Gasteiger partial charge on any atom is -0.458 e. The zero-order chi connectivity index (χ0) is 20.7. The standard InChI is InChI=1S/C26H27NO2/c1-26(2,3)29-25(28)23(19-20-13-7-4-8-14-20)27-24(21-15-9-5-10-16-21)22-17-11-6-12-18-22/h4-18,23H,19H2,1-3H3/t23-/m0/s1. The monoisotopic (exact) mass is 385 g/mol. The van der Waals surface area contributed by atoms with E-state index >= 15 is 0 Å². The largest absolute Gasteiger partial charge is 0.458 e. The van der Waals surface area contributed by atoms with Gasteiger partial charge in [-0.2, -0.15) is 0 Å². The number of benzene rings is 3. The van der Waals surface area contributed by atoms with Gasteiger partial charge in [-0.15, -0.1) is 0 Å². The average molecular weight is 386 g/mol. The Morgan fingerprint density at radius 3 is 1.69 bits per heavy atom. The molecule has 3 nitrogen and oxygen atoms in total. The second-order valence-electron chi connectivity index (χ2n) is 7.95. The Balaban J connectivity index is 2.05. The molecule has 0 aliphatic carbocycles. The Morgan fingerprint density at radius 1 is 0.793 bits per heavy atom. The SMILES string of the molecule is CC(C)(C)OC(=O)[C@H](Cc1ccccc1)N=C(c1ccccc1)c1ccccc1. The van der Waals surface area contributed by atoms with E-state index in [4.69, 9.17) is 9.73 Å². The van der Waals surface area contributed by atoms with Gasteiger partial charge in [0.1, 0.15) is 5.60 Å². The van der Waals surface area contributed by atoms with Crippen LogP contribution in [0.1, 0.15) is 37.5 Å². The molecule has 0 unspecified atom stereocenters. The van der Waals surface area contributed by atoms with Crippen molar-refractivity contribution in [2.45, 2.75) is 38.8 Å². The first-order valence-corrected chi connectivity index (χ1v) is 9.88. The molecule has 0 aromatic heterocycles. The Morgan fingerprint density at radius 2 is 1.24 bits per heavy atom. The lowest BCUT2D eigenvalue weighted by Gasteiger charge is -2.23. The molecule has 3 heteroatoms. The molecule has 0 fully saturated rings. The number of aliphatic imine (C=N–C) groups is 1. The number of hydrogen-bond acceptors (Lipinski definition) is 3. The summed E-state index contributed by atoms with van der Waals surface area (Å²) in [7, 11) is 0. The quantitative estimate of drug-likeness (QED) is 0.416. The summed E-state index contributed by atoms with van der Waals surface area (Å²) in [6.07, 6.45) is 0.485. The average Bonchev–Trinajstić information content (AvgIpc) is 2.72. The van der Waals surface area contributed by atoms with Crippen molar-refractivity contribution in [1.82, 2.24) is 0 Å². The third-order valence-corrected chi connectivity index (χ3v) is 4.33. The van der Waals surface area contributed by atoms with E-state index in [1.165, 1.54) is 0 Å². The van der Waals surface area contributed by atoms with Gasteiger partial charge in [-0.1, -0.05) is 91.0 Å². The molecule has 0 saturated carbocycles. The summed E-state index contributed by atoms with van der Waals surface area (Å²) in [6, 6.07) is 29.2. The van der Waals surface area contributed by atoms with Crippen molar-refractivity contribution in [2.75, 3.05) is 0 Å². The maximum atomic E-state index is 13.0. The minimum absolute atomic E-state index is 0.314. The predicted octanol–water partition coefficient (Wildman–Crippen LogP) is 5.48. The van der Waals surface area contributed by atoms with Crippen LogP contribution < -0.4 is 0 Å². The van der Waals surface area contributed by atoms with Gasteiger partial charge in [0.2, 0.25) is 0 Å². The van der Waals surface area contributed by atoms with Crippen LogP contribution in [-0.2, 0) is 16.0 Å². The van der Waals surface area contributed by atoms with Gasteiger partial charge in [0, 0.05) is 17.5 Å². The number of carbonyl (C=O) groups is 1. The molecule has 0 amide bonds. The maximum Gasteiger partial charge on any atom is 0.331 e. The molecule has 3 aromatic rings. The van der Waals surface area contributed by atoms with Crippen molar-refractivity contribution in [2.24, 2.45) is 4.99 Å². The first-order valence-electron chi connectivity index (χ1n) is 9.88. The highest BCUT2D eigenvalue weighted by Crippen LogP contribution is 2.18. The van der Waals surface area contributed by atoms with Crippen LogP contribution in [0, 0.1) is 0 Å². The van der Waals surface area contributed by atoms with Gasteiger partial charge in [0.25, 0.3) is 0 Å². The van der Waals surface area contributed by atoms with E-state index in [0.717, 1.165) is 22.4 Å². The molecule has 3 rings (SSSR count). The van der Waals surface area contributed by atoms with Crippen molar-refractivity contribution in [3.05, 3.63) is 108 Å². The summed E-state index contributed by atoms with van der Waals surface area (Å²) < 4.78 is 5.70. The molecule has 148 valence electrons. The third kappa shape index (κ3) is 6.15. The van der Waals surface area contributed by atoms with E-state index < -0.39 is 11.6 Å². The number of hydrogen-bond donors (Lipinski definition) is 0. The number of nitrogens with zero attached hydrogens (tertiary/aromatic N) is 1. The fourth-order valence-electron chi connectivity index (χ4n) is 3.05. The highest BCUT2D eigenvalue weighted by atomic mass is 16.6. The van der Waals surface area contributed by atoms with E-state index in [9.17, 15) is 4.79 Å². The Kier molecular flexibility index (Phi) is 6.61. The zero-order valence-electron chi connectivity index (χ0n) is 17.2. The highest BCUT2D eigenvalue weighted by Gasteiger charge is 2.26. The minimum atomic E-state index is -0.632. The van der Waals surface area contributed by atoms with Crippen molar-refractivity contribution < 1.29 is 9.53 Å². The molecule has 0 aliphatic heterocycles. The Bertz CT molecular complexity index is 901. The summed E-state index contributed by atoms with van der Waals surface area (Å²) in [4.78, 5) is 18.0. The van der Waals surface area contributed by atoms with E-state index in [2.05, 4.69) is 0 Å². The molecule has 0 bridgehead atoms. The lowest BCUT2D eigenvalue weighted by atomic mass is 10.0. The maximum absolute atomic E-state index is 13.0. The van der Waals surface area contributed by atoms with Crippen molar-refractivity contribution in [3.8, 4) is 0 Å². The Hall–Kier alpha value is -3.20. The van der Waals surface area contributed by atoms with Gasteiger partial charge in [-0.3, -0.25) is 4.99 Å². The van der Waals surface area contributed by atoms with E-state index in [1.807, 2.05) is 112 Å². The zero-order valence-corrected chi connectivity index (χ0v) is 17.2. The fraction of sp³-hybridized carbons (Fsp3) is 0.231. The van der Waals surface area contributed by atoms with Crippen molar-refractivity contribution >= 4 is 11.7 Å². The van der Waals surface area contributed by atoms with Crippen molar-refractivity contribution in [3.63, 3.8) is 0 Å². The summed E-state index contributed by atoms with van der Waals surface area (Å²) in [5.41, 5.74) is 3.22. The smallest absolute Gasteiger partial charge is 0.331 e. The first kappa shape index (κ1) is 20.5. The van der Waals surface area contributed by atoms with Crippen LogP contribution in [0.15, 0.2) is 96.0 Å². The summed E-state index contributed by atoms with van der Waals surface area (Å²) in [6.45, 7) is 5.64. The topological polar surface area (TPSA) is 38.7 Å². The second-order valence-corrected chi connectivity index (χ2v) is 7.95. The van der Waals surface area contributed by atoms with Gasteiger partial charge < -0.3 is 4.74 Å². The first-order chi connectivity index (χ1) is 13.9. The van der Waals surface area contributed by atoms with Gasteiger partial charge in [-0.05, 0) is 26.3 Å². The molecule has 0 radical (unpaired) electrons. The number of esters is 1. The second kappa shape index (κ2) is 9.33. The molecule has 0 heterocycles. The fourth-order valence-corrected chi connectivity index (χ4v) is 3.05. The number of carbonyl (C=O) groups excluding carboxylic acids is 1. The summed E-state index contributed by atoms with van der Waals surface area (Å²) >= 11 is 0. The van der Waals surface area contributed by atoms with E-state index in [-0.39, 0.29) is 5.97 Å². The third-order valence-electron chi connectivity index (χ3n) is 4.33. The molecular formula is C26H27NO2. The number of rotatable bonds is 6. The van der Waals surface area contributed by atoms with Gasteiger partial charge in [0.05, 0.1) is 5.71 Å². The Labute approximate surface area is 173 Å². The molecule has 0 saturated heterocycles. The molecule has 3 aromatic carbocycles. The van der Waals surface area contributed by atoms with Gasteiger partial charge in [-0.25, -0.2) is 4.79 Å². The summed E-state index contributed by atoms with van der Waals surface area (Å²) in [5.74, 6) is -0.314. The van der Waals surface area contributed by atoms with Crippen LogP contribution >= 0.6 is 0 Å². The van der Waals surface area contributed by atoms with Crippen LogP contribution in [0.3, 0.4) is 0 Å². The summed E-state index contributed by atoms with van der Waals surface area (Å²) in [5, 5.41) is 0. The molecule has 0 N–H and O–H groups in total. The van der Waals surface area contributed by atoms with Crippen LogP contribution in [0.25, 0.3) is 0 Å². The molecule has 0 aliphatic rings. The highest BCUT2D eigenvalue weighted by molar-refractivity contribution is 6.13. The lowest BCUT2D eigenvalue weighted by Crippen LogP contribution is -2.33. The van der Waals surface area contributed by atoms with Crippen LogP contribution in [0.2, 0.25) is 0 Å². The molecule has 29 heavy (non-hydrogen) atoms. The molecule has 1 atom stereocenters. The predicted molar refractivity (Wildman–Crippen MR) is 118 cm³/mol. The lowest BCUT2D eigenvalue weighted by molar-refractivity contribution is -0.156. The van der Waals surface area contributed by atoms with E-state index in [1.54, 1.807) is 0 Å². The van der Waals surface area contributed by atoms with Crippen LogP contribution in [-0.4, -0.2) is 23.3 Å².